The lowest BCUT2D eigenvalue weighted by molar-refractivity contribution is 0.0695. The fourth-order valence-electron chi connectivity index (χ4n) is 5.48. The van der Waals surface area contributed by atoms with Gasteiger partial charge in [0.25, 0.3) is 5.91 Å². The zero-order chi connectivity index (χ0) is 23.1. The summed E-state index contributed by atoms with van der Waals surface area (Å²) in [6, 6.07) is 24.6. The first-order valence-corrected chi connectivity index (χ1v) is 12.1. The Morgan fingerprint density at radius 2 is 1.53 bits per heavy atom. The Hall–Kier alpha value is -3.80. The summed E-state index contributed by atoms with van der Waals surface area (Å²) in [5.74, 6) is 0.0697. The van der Waals surface area contributed by atoms with E-state index in [1.165, 1.54) is 11.1 Å². The largest absolute Gasteiger partial charge is 0.367 e. The first-order chi connectivity index (χ1) is 16.7. The van der Waals surface area contributed by atoms with Crippen LogP contribution < -0.4 is 10.6 Å². The number of para-hydroxylation sites is 2. The minimum Gasteiger partial charge on any atom is -0.367 e. The SMILES string of the molecule is O=C(c1ccc(N2CCc3ccccc3C2)cc1)N1CCC(n2c(=O)[nH]c3ccccc32)CC1. The van der Waals surface area contributed by atoms with Gasteiger partial charge >= 0.3 is 5.69 Å². The highest BCUT2D eigenvalue weighted by molar-refractivity contribution is 5.94. The summed E-state index contributed by atoms with van der Waals surface area (Å²) in [6.07, 6.45) is 2.60. The van der Waals surface area contributed by atoms with Crippen LogP contribution in [0.15, 0.2) is 77.6 Å². The van der Waals surface area contributed by atoms with E-state index in [0.717, 1.165) is 54.6 Å². The molecular formula is C28H28N4O2. The van der Waals surface area contributed by atoms with Gasteiger partial charge in [-0.25, -0.2) is 4.79 Å². The number of hydrogen-bond acceptors (Lipinski definition) is 3. The molecule has 0 bridgehead atoms. The summed E-state index contributed by atoms with van der Waals surface area (Å²) in [6.45, 7) is 3.20. The van der Waals surface area contributed by atoms with Gasteiger partial charge in [0.15, 0.2) is 0 Å². The van der Waals surface area contributed by atoms with Crippen LogP contribution in [-0.4, -0.2) is 40.0 Å². The Morgan fingerprint density at radius 3 is 2.32 bits per heavy atom. The lowest BCUT2D eigenvalue weighted by atomic mass is 9.99. The monoisotopic (exact) mass is 452 g/mol. The van der Waals surface area contributed by atoms with Crippen molar-refractivity contribution in [2.45, 2.75) is 31.8 Å². The maximum Gasteiger partial charge on any atom is 0.326 e. The fourth-order valence-corrected chi connectivity index (χ4v) is 5.48. The molecule has 0 radical (unpaired) electrons. The minimum atomic E-state index is -0.0677. The normalized spacial score (nSPS) is 16.6. The van der Waals surface area contributed by atoms with Crippen LogP contribution in [0.3, 0.4) is 0 Å². The van der Waals surface area contributed by atoms with Gasteiger partial charge in [0.05, 0.1) is 11.0 Å². The standard InChI is InChI=1S/C28H28N4O2/c33-27(21-9-11-23(12-10-21)31-16-13-20-5-1-2-6-22(20)19-31)30-17-14-24(15-18-30)32-26-8-4-3-7-25(26)29-28(32)34/h1-12,24H,13-19H2,(H,29,34). The average molecular weight is 453 g/mol. The molecule has 1 saturated heterocycles. The van der Waals surface area contributed by atoms with Crippen molar-refractivity contribution in [3.8, 4) is 0 Å². The number of carbonyl (C=O) groups excluding carboxylic acids is 1. The number of aromatic nitrogens is 2. The van der Waals surface area contributed by atoms with Gasteiger partial charge in [-0.3, -0.25) is 9.36 Å². The number of benzene rings is 3. The highest BCUT2D eigenvalue weighted by Crippen LogP contribution is 2.27. The van der Waals surface area contributed by atoms with Gasteiger partial charge in [0.2, 0.25) is 0 Å². The molecule has 3 aromatic carbocycles. The van der Waals surface area contributed by atoms with Gasteiger partial charge in [0, 0.05) is 43.5 Å². The van der Waals surface area contributed by atoms with Crippen LogP contribution in [0.1, 0.15) is 40.4 Å². The number of likely N-dealkylation sites (tertiary alicyclic amines) is 1. The lowest BCUT2D eigenvalue weighted by Gasteiger charge is -2.33. The number of piperidine rings is 1. The summed E-state index contributed by atoms with van der Waals surface area (Å²) in [5, 5.41) is 0. The third-order valence-corrected chi connectivity index (χ3v) is 7.35. The first kappa shape index (κ1) is 20.8. The van der Waals surface area contributed by atoms with Crippen molar-refractivity contribution in [3.63, 3.8) is 0 Å². The minimum absolute atomic E-state index is 0.0677. The van der Waals surface area contributed by atoms with Gasteiger partial charge in [-0.2, -0.15) is 0 Å². The van der Waals surface area contributed by atoms with Gasteiger partial charge in [0.1, 0.15) is 0 Å². The number of nitrogens with one attached hydrogen (secondary N) is 1. The lowest BCUT2D eigenvalue weighted by Crippen LogP contribution is -2.40. The Labute approximate surface area is 198 Å². The Bertz CT molecular complexity index is 1390. The van der Waals surface area contributed by atoms with E-state index >= 15 is 0 Å². The van der Waals surface area contributed by atoms with Crippen molar-refractivity contribution < 1.29 is 4.79 Å². The van der Waals surface area contributed by atoms with Crippen molar-refractivity contribution in [1.82, 2.24) is 14.5 Å². The molecule has 0 atom stereocenters. The second-order valence-electron chi connectivity index (χ2n) is 9.33. The molecular weight excluding hydrogens is 424 g/mol. The molecule has 6 heteroatoms. The van der Waals surface area contributed by atoms with Crippen molar-refractivity contribution >= 4 is 22.6 Å². The summed E-state index contributed by atoms with van der Waals surface area (Å²) >= 11 is 0. The highest BCUT2D eigenvalue weighted by Gasteiger charge is 2.27. The van der Waals surface area contributed by atoms with Gasteiger partial charge in [-0.15, -0.1) is 0 Å². The number of anilines is 1. The van der Waals surface area contributed by atoms with Crippen LogP contribution in [0.4, 0.5) is 5.69 Å². The van der Waals surface area contributed by atoms with E-state index in [4.69, 9.17) is 0 Å². The number of hydrogen-bond donors (Lipinski definition) is 1. The number of rotatable bonds is 3. The third kappa shape index (κ3) is 3.69. The average Bonchev–Trinajstić information content (AvgIpc) is 3.24. The van der Waals surface area contributed by atoms with E-state index in [-0.39, 0.29) is 17.6 Å². The number of H-pyrrole nitrogens is 1. The molecule has 3 heterocycles. The van der Waals surface area contributed by atoms with Gasteiger partial charge in [-0.05, 0) is 66.8 Å². The molecule has 0 unspecified atom stereocenters. The molecule has 0 saturated carbocycles. The molecule has 1 fully saturated rings. The van der Waals surface area contributed by atoms with E-state index in [0.29, 0.717) is 13.1 Å². The zero-order valence-electron chi connectivity index (χ0n) is 19.1. The van der Waals surface area contributed by atoms with E-state index in [9.17, 15) is 9.59 Å². The third-order valence-electron chi connectivity index (χ3n) is 7.35. The predicted octanol–water partition coefficient (Wildman–Crippen LogP) is 4.37. The number of imidazole rings is 1. The summed E-state index contributed by atoms with van der Waals surface area (Å²) in [5.41, 5.74) is 6.43. The Kier molecular flexibility index (Phi) is 5.21. The zero-order valence-corrected chi connectivity index (χ0v) is 19.1. The molecule has 6 nitrogen and oxygen atoms in total. The second kappa shape index (κ2) is 8.52. The maximum absolute atomic E-state index is 13.2. The van der Waals surface area contributed by atoms with E-state index in [1.54, 1.807) is 0 Å². The fraction of sp³-hybridized carbons (Fsp3) is 0.286. The molecule has 172 valence electrons. The number of fused-ring (bicyclic) bond motifs is 2. The van der Waals surface area contributed by atoms with Crippen LogP contribution in [0.5, 0.6) is 0 Å². The molecule has 0 spiro atoms. The summed E-state index contributed by atoms with van der Waals surface area (Å²) in [7, 11) is 0. The van der Waals surface area contributed by atoms with Crippen molar-refractivity contribution in [3.05, 3.63) is 100.0 Å². The smallest absolute Gasteiger partial charge is 0.326 e. The molecule has 34 heavy (non-hydrogen) atoms. The van der Waals surface area contributed by atoms with Crippen LogP contribution in [0.2, 0.25) is 0 Å². The second-order valence-corrected chi connectivity index (χ2v) is 9.33. The van der Waals surface area contributed by atoms with E-state index < -0.39 is 0 Å². The van der Waals surface area contributed by atoms with Gasteiger partial charge < -0.3 is 14.8 Å². The maximum atomic E-state index is 13.2. The number of carbonyl (C=O) groups is 1. The van der Waals surface area contributed by atoms with E-state index in [1.807, 2.05) is 45.9 Å². The predicted molar refractivity (Wildman–Crippen MR) is 134 cm³/mol. The molecule has 2 aliphatic heterocycles. The highest BCUT2D eigenvalue weighted by atomic mass is 16.2. The molecule has 0 aliphatic carbocycles. The van der Waals surface area contributed by atoms with Crippen molar-refractivity contribution in [1.29, 1.82) is 0 Å². The molecule has 1 amide bonds. The molecule has 2 aliphatic rings. The Balaban J connectivity index is 1.12. The van der Waals surface area contributed by atoms with Crippen molar-refractivity contribution in [2.24, 2.45) is 0 Å². The van der Waals surface area contributed by atoms with Crippen LogP contribution in [-0.2, 0) is 13.0 Å². The Morgan fingerprint density at radius 1 is 0.824 bits per heavy atom. The summed E-state index contributed by atoms with van der Waals surface area (Å²) in [4.78, 5) is 32.9. The van der Waals surface area contributed by atoms with Crippen LogP contribution in [0.25, 0.3) is 11.0 Å². The molecule has 1 aromatic heterocycles. The quantitative estimate of drug-likeness (QED) is 0.502. The number of nitrogens with zero attached hydrogens (tertiary/aromatic N) is 3. The van der Waals surface area contributed by atoms with Crippen LogP contribution in [0, 0.1) is 0 Å². The topological polar surface area (TPSA) is 61.3 Å². The summed E-state index contributed by atoms with van der Waals surface area (Å²) < 4.78 is 1.86. The molecule has 6 rings (SSSR count). The first-order valence-electron chi connectivity index (χ1n) is 12.1. The van der Waals surface area contributed by atoms with Gasteiger partial charge in [-0.1, -0.05) is 36.4 Å². The van der Waals surface area contributed by atoms with Crippen molar-refractivity contribution in [2.75, 3.05) is 24.5 Å². The number of aromatic amines is 1. The van der Waals surface area contributed by atoms with E-state index in [2.05, 4.69) is 46.3 Å². The molecule has 4 aromatic rings. The number of amides is 1. The van der Waals surface area contributed by atoms with Crippen LogP contribution >= 0.6 is 0 Å². The molecule has 1 N–H and O–H groups in total.